The van der Waals surface area contributed by atoms with Crippen LogP contribution in [0.4, 0.5) is 10.2 Å². The largest absolute Gasteiger partial charge is 0.352 e. The van der Waals surface area contributed by atoms with Crippen molar-refractivity contribution in [2.45, 2.75) is 25.1 Å². The summed E-state index contributed by atoms with van der Waals surface area (Å²) >= 11 is 8.06. The van der Waals surface area contributed by atoms with Gasteiger partial charge in [-0.05, 0) is 43.7 Å². The van der Waals surface area contributed by atoms with Crippen LogP contribution in [-0.2, 0) is 9.59 Å². The first kappa shape index (κ1) is 26.0. The van der Waals surface area contributed by atoms with Gasteiger partial charge in [-0.15, -0.1) is 11.8 Å². The quantitative estimate of drug-likeness (QED) is 0.320. The molecule has 0 saturated heterocycles. The second kappa shape index (κ2) is 11.0. The maximum absolute atomic E-state index is 13.9. The van der Waals surface area contributed by atoms with E-state index in [1.54, 1.807) is 22.9 Å². The Morgan fingerprint density at radius 3 is 2.45 bits per heavy atom. The molecule has 9 heteroatoms. The first-order valence-corrected chi connectivity index (χ1v) is 13.7. The number of carbonyl (C=O) groups excluding carboxylic acids is 2. The van der Waals surface area contributed by atoms with Crippen LogP contribution in [0.2, 0.25) is 5.02 Å². The van der Waals surface area contributed by atoms with E-state index < -0.39 is 0 Å². The predicted octanol–water partition coefficient (Wildman–Crippen LogP) is 6.03. The third-order valence-electron chi connectivity index (χ3n) is 6.14. The number of benzene rings is 3. The maximum Gasteiger partial charge on any atom is 0.240 e. The van der Waals surface area contributed by atoms with Crippen molar-refractivity contribution in [3.05, 3.63) is 101 Å². The molecule has 1 aromatic heterocycles. The highest BCUT2D eigenvalue weighted by molar-refractivity contribution is 8.00. The van der Waals surface area contributed by atoms with E-state index >= 15 is 0 Å². The summed E-state index contributed by atoms with van der Waals surface area (Å²) in [7, 11) is 0. The molecule has 6 nitrogen and oxygen atoms in total. The van der Waals surface area contributed by atoms with Gasteiger partial charge in [-0.1, -0.05) is 66.2 Å². The van der Waals surface area contributed by atoms with E-state index in [1.807, 2.05) is 62.4 Å². The van der Waals surface area contributed by atoms with Crippen molar-refractivity contribution < 1.29 is 14.0 Å². The first-order chi connectivity index (χ1) is 18.3. The van der Waals surface area contributed by atoms with E-state index in [0.717, 1.165) is 16.7 Å². The van der Waals surface area contributed by atoms with Gasteiger partial charge in [-0.3, -0.25) is 14.5 Å². The average Bonchev–Trinajstić information content (AvgIpc) is 3.22. The molecule has 194 valence electrons. The molecule has 5 rings (SSSR count). The lowest BCUT2D eigenvalue weighted by Gasteiger charge is -2.24. The Morgan fingerprint density at radius 1 is 1.08 bits per heavy atom. The topological polar surface area (TPSA) is 67.2 Å². The number of hydrogen-bond donors (Lipinski definition) is 1. The molecule has 0 radical (unpaired) electrons. The first-order valence-electron chi connectivity index (χ1n) is 12.2. The molecule has 4 aromatic rings. The lowest BCUT2D eigenvalue weighted by atomic mass is 9.99. The highest BCUT2D eigenvalue weighted by Crippen LogP contribution is 2.48. The normalized spacial score (nSPS) is 15.3. The number of amides is 2. The molecule has 0 bridgehead atoms. The smallest absolute Gasteiger partial charge is 0.240 e. The van der Waals surface area contributed by atoms with Crippen molar-refractivity contribution >= 4 is 41.0 Å². The van der Waals surface area contributed by atoms with E-state index in [2.05, 4.69) is 5.32 Å². The van der Waals surface area contributed by atoms with Crippen molar-refractivity contribution in [3.8, 4) is 16.9 Å². The number of anilines is 1. The van der Waals surface area contributed by atoms with Gasteiger partial charge >= 0.3 is 0 Å². The number of nitrogens with zero attached hydrogens (tertiary/aromatic N) is 3. The summed E-state index contributed by atoms with van der Waals surface area (Å²) < 4.78 is 15.5. The second-order valence-corrected chi connectivity index (χ2v) is 10.8. The SMILES string of the molecule is CC(C)NC(=O)CN1C(=O)CSC(c2ccc(F)cc2)c2c(-c3ccccc3)nn(-c3ccccc3Cl)c21. The van der Waals surface area contributed by atoms with Crippen molar-refractivity contribution in [3.63, 3.8) is 0 Å². The van der Waals surface area contributed by atoms with Gasteiger partial charge in [0.05, 0.1) is 27.4 Å². The fraction of sp³-hybridized carbons (Fsp3) is 0.207. The summed E-state index contributed by atoms with van der Waals surface area (Å²) in [5, 5.41) is 7.99. The fourth-order valence-corrected chi connectivity index (χ4v) is 5.95. The number of rotatable bonds is 6. The monoisotopic (exact) mass is 548 g/mol. The van der Waals surface area contributed by atoms with Gasteiger partial charge in [0.1, 0.15) is 18.2 Å². The lowest BCUT2D eigenvalue weighted by molar-refractivity contribution is -0.123. The van der Waals surface area contributed by atoms with E-state index in [-0.39, 0.29) is 41.2 Å². The number of hydrogen-bond acceptors (Lipinski definition) is 4. The molecular weight excluding hydrogens is 523 g/mol. The molecule has 38 heavy (non-hydrogen) atoms. The highest BCUT2D eigenvalue weighted by Gasteiger charge is 2.38. The summed E-state index contributed by atoms with van der Waals surface area (Å²) in [6, 6.07) is 23.1. The molecule has 0 fully saturated rings. The van der Waals surface area contributed by atoms with Gasteiger partial charge in [0.25, 0.3) is 0 Å². The number of para-hydroxylation sites is 1. The van der Waals surface area contributed by atoms with E-state index in [4.69, 9.17) is 16.7 Å². The Kier molecular flexibility index (Phi) is 7.53. The van der Waals surface area contributed by atoms with Crippen molar-refractivity contribution in [1.82, 2.24) is 15.1 Å². The van der Waals surface area contributed by atoms with Crippen LogP contribution in [-0.4, -0.2) is 39.9 Å². The van der Waals surface area contributed by atoms with Crippen LogP contribution in [0, 0.1) is 5.82 Å². The van der Waals surface area contributed by atoms with Gasteiger partial charge in [0.15, 0.2) is 0 Å². The Bertz CT molecular complexity index is 1470. The summed E-state index contributed by atoms with van der Waals surface area (Å²) in [5.41, 5.74) is 3.68. The van der Waals surface area contributed by atoms with E-state index in [1.165, 1.54) is 28.8 Å². The average molecular weight is 549 g/mol. The molecule has 1 atom stereocenters. The zero-order valence-electron chi connectivity index (χ0n) is 20.9. The minimum atomic E-state index is -0.348. The third kappa shape index (κ3) is 5.19. The van der Waals surface area contributed by atoms with E-state index in [0.29, 0.717) is 22.2 Å². The van der Waals surface area contributed by atoms with Crippen LogP contribution in [0.5, 0.6) is 0 Å². The number of thioether (sulfide) groups is 1. The number of nitrogens with one attached hydrogen (secondary N) is 1. The van der Waals surface area contributed by atoms with Crippen LogP contribution >= 0.6 is 23.4 Å². The molecule has 0 saturated carbocycles. The van der Waals surface area contributed by atoms with Crippen LogP contribution in [0.15, 0.2) is 78.9 Å². The molecule has 1 aliphatic rings. The van der Waals surface area contributed by atoms with Crippen LogP contribution in [0.3, 0.4) is 0 Å². The van der Waals surface area contributed by atoms with Gasteiger partial charge in [0, 0.05) is 17.2 Å². The van der Waals surface area contributed by atoms with Crippen LogP contribution in [0.1, 0.15) is 30.2 Å². The molecule has 1 N–H and O–H groups in total. The summed E-state index contributed by atoms with van der Waals surface area (Å²) in [6.45, 7) is 3.57. The van der Waals surface area contributed by atoms with Crippen molar-refractivity contribution in [2.24, 2.45) is 0 Å². The number of fused-ring (bicyclic) bond motifs is 1. The minimum Gasteiger partial charge on any atom is -0.352 e. The molecule has 2 heterocycles. The molecule has 1 unspecified atom stereocenters. The number of carbonyl (C=O) groups is 2. The van der Waals surface area contributed by atoms with Gasteiger partial charge < -0.3 is 5.32 Å². The molecule has 0 aliphatic carbocycles. The Labute approximate surface area is 229 Å². The molecule has 3 aromatic carbocycles. The molecular formula is C29H26ClFN4O2S. The Hall–Kier alpha value is -3.62. The van der Waals surface area contributed by atoms with Crippen molar-refractivity contribution in [1.29, 1.82) is 0 Å². The van der Waals surface area contributed by atoms with Gasteiger partial charge in [-0.25, -0.2) is 9.07 Å². The minimum absolute atomic E-state index is 0.0845. The van der Waals surface area contributed by atoms with Crippen LogP contribution in [0.25, 0.3) is 16.9 Å². The third-order valence-corrected chi connectivity index (χ3v) is 7.72. The highest BCUT2D eigenvalue weighted by atomic mass is 35.5. The zero-order chi connectivity index (χ0) is 26.8. The number of aromatic nitrogens is 2. The second-order valence-electron chi connectivity index (χ2n) is 9.26. The van der Waals surface area contributed by atoms with Gasteiger partial charge in [-0.2, -0.15) is 5.10 Å². The summed E-state index contributed by atoms with van der Waals surface area (Å²) in [4.78, 5) is 28.1. The Balaban J connectivity index is 1.81. The number of halogens is 2. The fourth-order valence-electron chi connectivity index (χ4n) is 4.53. The molecule has 1 aliphatic heterocycles. The van der Waals surface area contributed by atoms with Crippen LogP contribution < -0.4 is 10.2 Å². The maximum atomic E-state index is 13.9. The van der Waals surface area contributed by atoms with Gasteiger partial charge in [0.2, 0.25) is 11.8 Å². The standard InChI is InChI=1S/C29H26ClFN4O2S/c1-18(2)32-24(36)16-34-25(37)17-38-28(20-12-14-21(31)15-13-20)26-27(19-8-4-3-5-9-19)33-35(29(26)34)23-11-7-6-10-22(23)30/h3-15,18,28H,16-17H2,1-2H3,(H,32,36). The molecule has 0 spiro atoms. The summed E-state index contributed by atoms with van der Waals surface area (Å²) in [6.07, 6.45) is 0. The van der Waals surface area contributed by atoms with Crippen molar-refractivity contribution in [2.75, 3.05) is 17.2 Å². The Morgan fingerprint density at radius 2 is 1.76 bits per heavy atom. The molecule has 2 amide bonds. The summed E-state index contributed by atoms with van der Waals surface area (Å²) in [5.74, 6) is -0.251. The zero-order valence-corrected chi connectivity index (χ0v) is 22.5. The predicted molar refractivity (Wildman–Crippen MR) is 150 cm³/mol. The van der Waals surface area contributed by atoms with E-state index in [9.17, 15) is 14.0 Å². The lowest BCUT2D eigenvalue weighted by Crippen LogP contribution is -2.44.